The van der Waals surface area contributed by atoms with Crippen LogP contribution in [-0.4, -0.2) is 29.5 Å². The van der Waals surface area contributed by atoms with Gasteiger partial charge in [-0.1, -0.05) is 17.7 Å². The Labute approximate surface area is 121 Å². The first-order valence-corrected chi connectivity index (χ1v) is 8.68. The summed E-state index contributed by atoms with van der Waals surface area (Å²) in [5, 5.41) is 0.630. The molecule has 1 aromatic heterocycles. The summed E-state index contributed by atoms with van der Waals surface area (Å²) < 4.78 is 25.6. The molecule has 102 valence electrons. The van der Waals surface area contributed by atoms with E-state index in [1.165, 1.54) is 0 Å². The molecule has 1 fully saturated rings. The highest BCUT2D eigenvalue weighted by atomic mass is 35.5. The topological polar surface area (TPSA) is 54.9 Å². The zero-order chi connectivity index (χ0) is 13.6. The Morgan fingerprint density at radius 2 is 2.00 bits per heavy atom. The highest BCUT2D eigenvalue weighted by molar-refractivity contribution is 7.91. The minimum Gasteiger partial charge on any atom is -0.329 e. The summed E-state index contributed by atoms with van der Waals surface area (Å²) in [7, 11) is -2.86. The van der Waals surface area contributed by atoms with Crippen LogP contribution in [0.1, 0.15) is 18.9 Å². The third-order valence-electron chi connectivity index (χ3n) is 3.59. The number of rotatable bonds is 1. The molecule has 1 saturated heterocycles. The van der Waals surface area contributed by atoms with Gasteiger partial charge in [0.15, 0.2) is 4.77 Å². The highest BCUT2D eigenvalue weighted by Gasteiger charge is 2.26. The summed E-state index contributed by atoms with van der Waals surface area (Å²) in [5.74, 6) is 0.458. The van der Waals surface area contributed by atoms with Gasteiger partial charge in [0.2, 0.25) is 0 Å². The number of H-pyrrole nitrogens is 1. The van der Waals surface area contributed by atoms with Crippen molar-refractivity contribution in [2.45, 2.75) is 18.9 Å². The summed E-state index contributed by atoms with van der Waals surface area (Å²) in [4.78, 5) is 3.11. The second kappa shape index (κ2) is 4.61. The number of para-hydroxylation sites is 1. The molecule has 0 bridgehead atoms. The van der Waals surface area contributed by atoms with E-state index in [1.54, 1.807) is 0 Å². The number of sulfone groups is 1. The fraction of sp³-hybridized carbons (Fsp3) is 0.417. The van der Waals surface area contributed by atoms with Crippen LogP contribution in [0.25, 0.3) is 11.0 Å². The van der Waals surface area contributed by atoms with Gasteiger partial charge in [0.25, 0.3) is 0 Å². The van der Waals surface area contributed by atoms with Crippen molar-refractivity contribution in [3.63, 3.8) is 0 Å². The lowest BCUT2D eigenvalue weighted by molar-refractivity contribution is 0.455. The van der Waals surface area contributed by atoms with Crippen LogP contribution in [-0.2, 0) is 9.84 Å². The first kappa shape index (κ1) is 13.1. The van der Waals surface area contributed by atoms with Crippen molar-refractivity contribution < 1.29 is 8.42 Å². The molecule has 2 heterocycles. The lowest BCUT2D eigenvalue weighted by Gasteiger charge is -2.23. The minimum atomic E-state index is -2.86. The maximum atomic E-state index is 11.5. The number of aromatic amines is 1. The van der Waals surface area contributed by atoms with Crippen LogP contribution in [0.2, 0.25) is 5.02 Å². The molecule has 1 aliphatic heterocycles. The number of nitrogens with zero attached hydrogens (tertiary/aromatic N) is 1. The third kappa shape index (κ3) is 2.32. The molecule has 3 rings (SSSR count). The standard InChI is InChI=1S/C12H13ClN2O2S2/c13-9-2-1-3-10-11(9)14-12(18)15(10)8-4-6-19(16,17)7-5-8/h1-3,8H,4-7H2,(H,14,18). The van der Waals surface area contributed by atoms with Crippen molar-refractivity contribution in [3.8, 4) is 0 Å². The monoisotopic (exact) mass is 316 g/mol. The van der Waals surface area contributed by atoms with E-state index >= 15 is 0 Å². The molecule has 0 atom stereocenters. The number of aromatic nitrogens is 2. The number of benzene rings is 1. The number of hydrogen-bond acceptors (Lipinski definition) is 3. The Kier molecular flexibility index (Phi) is 3.19. The van der Waals surface area contributed by atoms with E-state index in [-0.39, 0.29) is 17.5 Å². The third-order valence-corrected chi connectivity index (χ3v) is 5.92. The zero-order valence-electron chi connectivity index (χ0n) is 10.1. The summed E-state index contributed by atoms with van der Waals surface area (Å²) in [6, 6.07) is 5.77. The smallest absolute Gasteiger partial charge is 0.178 e. The van der Waals surface area contributed by atoms with Gasteiger partial charge in [-0.15, -0.1) is 0 Å². The van der Waals surface area contributed by atoms with E-state index in [0.29, 0.717) is 22.6 Å². The Balaban J connectivity index is 2.09. The number of hydrogen-bond donors (Lipinski definition) is 1. The zero-order valence-corrected chi connectivity index (χ0v) is 12.5. The molecule has 19 heavy (non-hydrogen) atoms. The predicted molar refractivity (Wildman–Crippen MR) is 79.1 cm³/mol. The fourth-order valence-corrected chi connectivity index (χ4v) is 4.64. The molecule has 0 aliphatic carbocycles. The Bertz CT molecular complexity index is 778. The van der Waals surface area contributed by atoms with Gasteiger partial charge in [-0.25, -0.2) is 8.42 Å². The van der Waals surface area contributed by atoms with Gasteiger partial charge >= 0.3 is 0 Å². The maximum absolute atomic E-state index is 11.5. The number of imidazole rings is 1. The van der Waals surface area contributed by atoms with Crippen LogP contribution in [0, 0.1) is 4.77 Å². The van der Waals surface area contributed by atoms with Gasteiger partial charge in [-0.05, 0) is 37.2 Å². The van der Waals surface area contributed by atoms with E-state index in [0.717, 1.165) is 11.0 Å². The lowest BCUT2D eigenvalue weighted by atomic mass is 10.1. The molecule has 0 radical (unpaired) electrons. The Hall–Kier alpha value is -0.850. The molecule has 0 spiro atoms. The molecule has 1 aromatic carbocycles. The molecule has 0 unspecified atom stereocenters. The van der Waals surface area contributed by atoms with Crippen molar-refractivity contribution in [1.29, 1.82) is 0 Å². The lowest BCUT2D eigenvalue weighted by Crippen LogP contribution is -2.25. The minimum absolute atomic E-state index is 0.128. The first-order chi connectivity index (χ1) is 8.98. The summed E-state index contributed by atoms with van der Waals surface area (Å²) in [6.45, 7) is 0. The molecule has 7 heteroatoms. The molecule has 2 aromatic rings. The van der Waals surface area contributed by atoms with Gasteiger partial charge in [0.05, 0.1) is 27.6 Å². The number of nitrogens with one attached hydrogen (secondary N) is 1. The van der Waals surface area contributed by atoms with Gasteiger partial charge < -0.3 is 9.55 Å². The second-order valence-corrected chi connectivity index (χ2v) is 7.91. The molecule has 1 N–H and O–H groups in total. The van der Waals surface area contributed by atoms with Crippen molar-refractivity contribution in [1.82, 2.24) is 9.55 Å². The SMILES string of the molecule is O=S1(=O)CCC(n2c(=S)[nH]c3c(Cl)cccc32)CC1. The number of halogens is 1. The highest BCUT2D eigenvalue weighted by Crippen LogP contribution is 2.30. The van der Waals surface area contributed by atoms with E-state index in [9.17, 15) is 8.42 Å². The van der Waals surface area contributed by atoms with Crippen molar-refractivity contribution in [3.05, 3.63) is 28.0 Å². The molecular formula is C12H13ClN2O2S2. The Morgan fingerprint density at radius 1 is 1.32 bits per heavy atom. The average Bonchev–Trinajstić information content (AvgIpc) is 2.68. The van der Waals surface area contributed by atoms with Crippen molar-refractivity contribution in [2.24, 2.45) is 0 Å². The van der Waals surface area contributed by atoms with Gasteiger partial charge in [-0.2, -0.15) is 0 Å². The van der Waals surface area contributed by atoms with Crippen molar-refractivity contribution >= 4 is 44.7 Å². The van der Waals surface area contributed by atoms with Gasteiger partial charge in [0.1, 0.15) is 9.84 Å². The van der Waals surface area contributed by atoms with E-state index < -0.39 is 9.84 Å². The van der Waals surface area contributed by atoms with Crippen LogP contribution in [0.3, 0.4) is 0 Å². The summed E-state index contributed by atoms with van der Waals surface area (Å²) in [5.41, 5.74) is 1.77. The fourth-order valence-electron chi connectivity index (χ4n) is 2.61. The molecule has 0 amide bonds. The normalized spacial score (nSPS) is 19.8. The quantitative estimate of drug-likeness (QED) is 0.822. The van der Waals surface area contributed by atoms with E-state index in [4.69, 9.17) is 23.8 Å². The second-order valence-electron chi connectivity index (χ2n) is 4.82. The molecule has 4 nitrogen and oxygen atoms in total. The number of fused-ring (bicyclic) bond motifs is 1. The van der Waals surface area contributed by atoms with Crippen LogP contribution in [0.15, 0.2) is 18.2 Å². The maximum Gasteiger partial charge on any atom is 0.178 e. The van der Waals surface area contributed by atoms with Crippen molar-refractivity contribution in [2.75, 3.05) is 11.5 Å². The van der Waals surface area contributed by atoms with Crippen LogP contribution in [0.5, 0.6) is 0 Å². The summed E-state index contributed by atoms with van der Waals surface area (Å²) >= 11 is 11.5. The predicted octanol–water partition coefficient (Wildman–Crippen LogP) is 3.10. The van der Waals surface area contributed by atoms with Crippen LogP contribution < -0.4 is 0 Å². The first-order valence-electron chi connectivity index (χ1n) is 6.07. The average molecular weight is 317 g/mol. The molecule has 1 aliphatic rings. The Morgan fingerprint density at radius 3 is 2.68 bits per heavy atom. The van der Waals surface area contributed by atoms with Gasteiger partial charge in [-0.3, -0.25) is 0 Å². The van der Waals surface area contributed by atoms with E-state index in [1.807, 2.05) is 22.8 Å². The molecular weight excluding hydrogens is 304 g/mol. The largest absolute Gasteiger partial charge is 0.329 e. The van der Waals surface area contributed by atoms with Crippen LogP contribution >= 0.6 is 23.8 Å². The summed E-state index contributed by atoms with van der Waals surface area (Å²) in [6.07, 6.45) is 1.21. The van der Waals surface area contributed by atoms with Crippen LogP contribution in [0.4, 0.5) is 0 Å². The molecule has 0 saturated carbocycles. The van der Waals surface area contributed by atoms with E-state index in [2.05, 4.69) is 4.98 Å². The van der Waals surface area contributed by atoms with Gasteiger partial charge in [0, 0.05) is 6.04 Å².